The Morgan fingerprint density at radius 2 is 1.94 bits per heavy atom. The molecule has 0 saturated carbocycles. The fourth-order valence-electron chi connectivity index (χ4n) is 1.78. The highest BCUT2D eigenvalue weighted by atomic mass is 32.1. The largest absolute Gasteiger partial charge is 0.395 e. The first-order valence-electron chi connectivity index (χ1n) is 5.29. The molecule has 1 atom stereocenters. The molecule has 1 aromatic carbocycles. The van der Waals surface area contributed by atoms with E-state index in [1.807, 2.05) is 12.4 Å². The SMILES string of the molecule is Cc1ccc(C(CO)c2scnc2C)cc1. The van der Waals surface area contributed by atoms with Crippen LogP contribution in [0.3, 0.4) is 0 Å². The van der Waals surface area contributed by atoms with E-state index in [1.54, 1.807) is 11.3 Å². The van der Waals surface area contributed by atoms with Crippen molar-refractivity contribution in [1.29, 1.82) is 0 Å². The lowest BCUT2D eigenvalue weighted by Gasteiger charge is -2.13. The van der Waals surface area contributed by atoms with E-state index in [2.05, 4.69) is 36.2 Å². The van der Waals surface area contributed by atoms with E-state index in [-0.39, 0.29) is 12.5 Å². The summed E-state index contributed by atoms with van der Waals surface area (Å²) in [6.45, 7) is 4.18. The molecule has 84 valence electrons. The maximum atomic E-state index is 9.52. The van der Waals surface area contributed by atoms with Crippen LogP contribution < -0.4 is 0 Å². The van der Waals surface area contributed by atoms with Gasteiger partial charge in [-0.1, -0.05) is 29.8 Å². The first kappa shape index (κ1) is 11.3. The Balaban J connectivity index is 2.37. The predicted molar refractivity (Wildman–Crippen MR) is 67.0 cm³/mol. The summed E-state index contributed by atoms with van der Waals surface area (Å²) in [5.74, 6) is 0.0631. The van der Waals surface area contributed by atoms with Crippen molar-refractivity contribution in [3.05, 3.63) is 51.5 Å². The molecular formula is C13H15NOS. The van der Waals surface area contributed by atoms with Crippen molar-refractivity contribution in [2.75, 3.05) is 6.61 Å². The zero-order valence-corrected chi connectivity index (χ0v) is 10.3. The number of aryl methyl sites for hydroxylation is 2. The van der Waals surface area contributed by atoms with E-state index in [0.717, 1.165) is 16.1 Å². The van der Waals surface area contributed by atoms with Gasteiger partial charge < -0.3 is 5.11 Å². The van der Waals surface area contributed by atoms with Gasteiger partial charge in [0.15, 0.2) is 0 Å². The Kier molecular flexibility index (Phi) is 3.36. The number of nitrogens with zero attached hydrogens (tertiary/aromatic N) is 1. The molecule has 1 N–H and O–H groups in total. The van der Waals surface area contributed by atoms with Crippen LogP contribution in [-0.4, -0.2) is 16.7 Å². The lowest BCUT2D eigenvalue weighted by molar-refractivity contribution is 0.281. The van der Waals surface area contributed by atoms with E-state index in [9.17, 15) is 5.11 Å². The highest BCUT2D eigenvalue weighted by Gasteiger charge is 2.17. The molecular weight excluding hydrogens is 218 g/mol. The van der Waals surface area contributed by atoms with Gasteiger partial charge in [0.1, 0.15) is 0 Å². The molecule has 0 amide bonds. The minimum Gasteiger partial charge on any atom is -0.395 e. The van der Waals surface area contributed by atoms with Gasteiger partial charge in [-0.25, -0.2) is 4.98 Å². The minimum absolute atomic E-state index is 0.0631. The molecule has 1 aromatic heterocycles. The van der Waals surface area contributed by atoms with E-state index in [4.69, 9.17) is 0 Å². The van der Waals surface area contributed by atoms with Crippen LogP contribution in [-0.2, 0) is 0 Å². The highest BCUT2D eigenvalue weighted by molar-refractivity contribution is 7.09. The first-order chi connectivity index (χ1) is 7.72. The van der Waals surface area contributed by atoms with Gasteiger partial charge in [-0.3, -0.25) is 0 Å². The average molecular weight is 233 g/mol. The van der Waals surface area contributed by atoms with Crippen molar-refractivity contribution in [2.24, 2.45) is 0 Å². The number of hydrogen-bond donors (Lipinski definition) is 1. The maximum Gasteiger partial charge on any atom is 0.0797 e. The summed E-state index contributed by atoms with van der Waals surface area (Å²) in [4.78, 5) is 5.39. The molecule has 0 fully saturated rings. The molecule has 1 heterocycles. The number of aliphatic hydroxyl groups excluding tert-OH is 1. The van der Waals surface area contributed by atoms with Crippen LogP contribution in [0.2, 0.25) is 0 Å². The molecule has 0 saturated heterocycles. The normalized spacial score (nSPS) is 12.7. The van der Waals surface area contributed by atoms with Crippen LogP contribution in [0, 0.1) is 13.8 Å². The maximum absolute atomic E-state index is 9.52. The fraction of sp³-hybridized carbons (Fsp3) is 0.308. The van der Waals surface area contributed by atoms with Crippen LogP contribution in [0.25, 0.3) is 0 Å². The standard InChI is InChI=1S/C13H15NOS/c1-9-3-5-11(6-4-9)12(7-15)13-10(2)14-8-16-13/h3-6,8,12,15H,7H2,1-2H3. The number of hydrogen-bond acceptors (Lipinski definition) is 3. The fourth-order valence-corrected chi connectivity index (χ4v) is 2.71. The van der Waals surface area contributed by atoms with Crippen molar-refractivity contribution < 1.29 is 5.11 Å². The second kappa shape index (κ2) is 4.76. The average Bonchev–Trinajstić information content (AvgIpc) is 2.69. The molecule has 0 aliphatic rings. The first-order valence-corrected chi connectivity index (χ1v) is 6.17. The van der Waals surface area contributed by atoms with E-state index in [0.29, 0.717) is 0 Å². The van der Waals surface area contributed by atoms with E-state index in [1.165, 1.54) is 5.56 Å². The zero-order valence-electron chi connectivity index (χ0n) is 9.47. The Hall–Kier alpha value is -1.19. The van der Waals surface area contributed by atoms with Crippen LogP contribution >= 0.6 is 11.3 Å². The molecule has 0 radical (unpaired) electrons. The molecule has 2 rings (SSSR count). The summed E-state index contributed by atoms with van der Waals surface area (Å²) >= 11 is 1.61. The quantitative estimate of drug-likeness (QED) is 0.884. The molecule has 1 unspecified atom stereocenters. The van der Waals surface area contributed by atoms with Crippen molar-refractivity contribution in [3.63, 3.8) is 0 Å². The molecule has 0 aliphatic heterocycles. The van der Waals surface area contributed by atoms with E-state index < -0.39 is 0 Å². The smallest absolute Gasteiger partial charge is 0.0797 e. The molecule has 16 heavy (non-hydrogen) atoms. The second-order valence-electron chi connectivity index (χ2n) is 3.95. The Bertz CT molecular complexity index is 461. The summed E-state index contributed by atoms with van der Waals surface area (Å²) in [7, 11) is 0. The van der Waals surface area contributed by atoms with Gasteiger partial charge in [-0.05, 0) is 19.4 Å². The highest BCUT2D eigenvalue weighted by Crippen LogP contribution is 2.29. The summed E-state index contributed by atoms with van der Waals surface area (Å²) < 4.78 is 0. The third kappa shape index (κ3) is 2.15. The van der Waals surface area contributed by atoms with Gasteiger partial charge in [0.2, 0.25) is 0 Å². The number of thiazole rings is 1. The molecule has 0 bridgehead atoms. The summed E-state index contributed by atoms with van der Waals surface area (Å²) in [5.41, 5.74) is 5.24. The zero-order chi connectivity index (χ0) is 11.5. The molecule has 0 aliphatic carbocycles. The summed E-state index contributed by atoms with van der Waals surface area (Å²) in [6.07, 6.45) is 0. The van der Waals surface area contributed by atoms with Gasteiger partial charge in [0.25, 0.3) is 0 Å². The van der Waals surface area contributed by atoms with Gasteiger partial charge in [-0.15, -0.1) is 11.3 Å². The third-order valence-electron chi connectivity index (χ3n) is 2.76. The van der Waals surface area contributed by atoms with Crippen LogP contribution in [0.5, 0.6) is 0 Å². The van der Waals surface area contributed by atoms with Crippen LogP contribution in [0.4, 0.5) is 0 Å². The van der Waals surface area contributed by atoms with Gasteiger partial charge >= 0.3 is 0 Å². The minimum atomic E-state index is 0.0631. The second-order valence-corrected chi connectivity index (χ2v) is 4.83. The summed E-state index contributed by atoms with van der Waals surface area (Å²) in [5, 5.41) is 9.52. The number of aliphatic hydroxyl groups is 1. The van der Waals surface area contributed by atoms with Crippen molar-refractivity contribution in [2.45, 2.75) is 19.8 Å². The molecule has 0 spiro atoms. The van der Waals surface area contributed by atoms with Crippen molar-refractivity contribution in [3.8, 4) is 0 Å². The van der Waals surface area contributed by atoms with Crippen molar-refractivity contribution >= 4 is 11.3 Å². The third-order valence-corrected chi connectivity index (χ3v) is 3.81. The topological polar surface area (TPSA) is 33.1 Å². The molecule has 2 nitrogen and oxygen atoms in total. The monoisotopic (exact) mass is 233 g/mol. The van der Waals surface area contributed by atoms with Gasteiger partial charge in [0, 0.05) is 10.8 Å². The number of rotatable bonds is 3. The van der Waals surface area contributed by atoms with Gasteiger partial charge in [0.05, 0.1) is 17.8 Å². The Labute approximate surface area is 99.6 Å². The number of benzene rings is 1. The van der Waals surface area contributed by atoms with Crippen LogP contribution in [0.1, 0.15) is 27.6 Å². The molecule has 3 heteroatoms. The molecule has 2 aromatic rings. The Morgan fingerprint density at radius 3 is 2.44 bits per heavy atom. The number of aromatic nitrogens is 1. The lowest BCUT2D eigenvalue weighted by Crippen LogP contribution is -2.05. The predicted octanol–water partition coefficient (Wildman–Crippen LogP) is 2.88. The lowest BCUT2D eigenvalue weighted by atomic mass is 9.96. The van der Waals surface area contributed by atoms with Gasteiger partial charge in [-0.2, -0.15) is 0 Å². The summed E-state index contributed by atoms with van der Waals surface area (Å²) in [6, 6.07) is 8.31. The van der Waals surface area contributed by atoms with Crippen LogP contribution in [0.15, 0.2) is 29.8 Å². The van der Waals surface area contributed by atoms with E-state index >= 15 is 0 Å². The Morgan fingerprint density at radius 1 is 1.25 bits per heavy atom. The van der Waals surface area contributed by atoms with Crippen molar-refractivity contribution in [1.82, 2.24) is 4.98 Å².